The van der Waals surface area contributed by atoms with Gasteiger partial charge in [-0.3, -0.25) is 0 Å². The number of methoxy groups -OCH3 is 1. The number of aliphatic hydroxyl groups excluding tert-OH is 1. The normalized spacial score (nSPS) is 10.4. The van der Waals surface area contributed by atoms with Crippen LogP contribution >= 0.6 is 0 Å². The van der Waals surface area contributed by atoms with Crippen LogP contribution in [0.25, 0.3) is 0 Å². The first-order valence-electron chi connectivity index (χ1n) is 3.48. The average Bonchev–Trinajstić information content (AvgIpc) is 2.47. The molecule has 0 spiro atoms. The van der Waals surface area contributed by atoms with Gasteiger partial charge in [0.1, 0.15) is 12.4 Å². The molecule has 0 atom stereocenters. The molecule has 0 aliphatic rings. The predicted molar refractivity (Wildman–Crippen MR) is 40.0 cm³/mol. The standard InChI is InChI=1S/C7H12N2O2/c1-11-5-4-9-3-2-8-7(9)6-10/h2-3,10H,4-6H2,1H3. The number of aliphatic hydroxyl groups is 1. The molecule has 62 valence electrons. The van der Waals surface area contributed by atoms with Gasteiger partial charge in [-0.25, -0.2) is 4.98 Å². The van der Waals surface area contributed by atoms with E-state index in [-0.39, 0.29) is 6.61 Å². The summed E-state index contributed by atoms with van der Waals surface area (Å²) in [5.74, 6) is 0.682. The average molecular weight is 156 g/mol. The van der Waals surface area contributed by atoms with Crippen LogP contribution in [0, 0.1) is 0 Å². The third-order valence-corrected chi connectivity index (χ3v) is 1.48. The SMILES string of the molecule is COCCn1ccnc1CO. The van der Waals surface area contributed by atoms with Crippen LogP contribution in [0.5, 0.6) is 0 Å². The first kappa shape index (κ1) is 8.23. The van der Waals surface area contributed by atoms with Crippen LogP contribution in [0.15, 0.2) is 12.4 Å². The van der Waals surface area contributed by atoms with Crippen molar-refractivity contribution in [2.24, 2.45) is 0 Å². The monoisotopic (exact) mass is 156 g/mol. The fraction of sp³-hybridized carbons (Fsp3) is 0.571. The van der Waals surface area contributed by atoms with E-state index in [1.807, 2.05) is 10.8 Å². The van der Waals surface area contributed by atoms with Crippen LogP contribution in [0.2, 0.25) is 0 Å². The van der Waals surface area contributed by atoms with Gasteiger partial charge in [0, 0.05) is 26.0 Å². The number of nitrogens with zero attached hydrogens (tertiary/aromatic N) is 2. The predicted octanol–water partition coefficient (Wildman–Crippen LogP) is 0.0218. The molecule has 1 aromatic heterocycles. The van der Waals surface area contributed by atoms with E-state index in [1.165, 1.54) is 0 Å². The zero-order valence-corrected chi connectivity index (χ0v) is 6.53. The van der Waals surface area contributed by atoms with Gasteiger partial charge in [0.05, 0.1) is 6.61 Å². The molecule has 1 aromatic rings. The number of hydrogen-bond acceptors (Lipinski definition) is 3. The van der Waals surface area contributed by atoms with Crippen molar-refractivity contribution in [2.75, 3.05) is 13.7 Å². The number of rotatable bonds is 4. The second-order valence-corrected chi connectivity index (χ2v) is 2.19. The maximum atomic E-state index is 8.78. The van der Waals surface area contributed by atoms with Crippen molar-refractivity contribution in [1.29, 1.82) is 0 Å². The minimum absolute atomic E-state index is 0.0171. The summed E-state index contributed by atoms with van der Waals surface area (Å²) in [6.07, 6.45) is 3.49. The summed E-state index contributed by atoms with van der Waals surface area (Å²) in [5, 5.41) is 8.78. The van der Waals surface area contributed by atoms with E-state index in [0.29, 0.717) is 12.4 Å². The molecule has 0 aliphatic heterocycles. The first-order valence-corrected chi connectivity index (χ1v) is 3.48. The summed E-state index contributed by atoms with van der Waals surface area (Å²) < 4.78 is 6.75. The minimum atomic E-state index is -0.0171. The summed E-state index contributed by atoms with van der Waals surface area (Å²) in [6, 6.07) is 0. The molecule has 1 heterocycles. The van der Waals surface area contributed by atoms with Crippen molar-refractivity contribution in [2.45, 2.75) is 13.2 Å². The van der Waals surface area contributed by atoms with E-state index in [1.54, 1.807) is 13.3 Å². The third kappa shape index (κ3) is 2.03. The zero-order valence-electron chi connectivity index (χ0n) is 6.53. The van der Waals surface area contributed by atoms with Gasteiger partial charge in [-0.2, -0.15) is 0 Å². The second kappa shape index (κ2) is 4.10. The van der Waals surface area contributed by atoms with Crippen LogP contribution in [0.1, 0.15) is 5.82 Å². The van der Waals surface area contributed by atoms with Crippen molar-refractivity contribution in [3.8, 4) is 0 Å². The van der Waals surface area contributed by atoms with Gasteiger partial charge in [-0.1, -0.05) is 0 Å². The minimum Gasteiger partial charge on any atom is -0.388 e. The van der Waals surface area contributed by atoms with Gasteiger partial charge in [0.2, 0.25) is 0 Å². The molecule has 4 nitrogen and oxygen atoms in total. The highest BCUT2D eigenvalue weighted by atomic mass is 16.5. The second-order valence-electron chi connectivity index (χ2n) is 2.19. The van der Waals surface area contributed by atoms with Gasteiger partial charge in [0.25, 0.3) is 0 Å². The molecule has 0 bridgehead atoms. The molecular formula is C7H12N2O2. The number of imidazole rings is 1. The molecule has 0 saturated heterocycles. The molecule has 0 amide bonds. The van der Waals surface area contributed by atoms with Crippen LogP contribution in [0.3, 0.4) is 0 Å². The summed E-state index contributed by atoms with van der Waals surface area (Å²) in [7, 11) is 1.65. The van der Waals surface area contributed by atoms with Gasteiger partial charge in [-0.05, 0) is 0 Å². The maximum Gasteiger partial charge on any atom is 0.134 e. The van der Waals surface area contributed by atoms with Crippen LogP contribution in [-0.4, -0.2) is 28.4 Å². The van der Waals surface area contributed by atoms with Gasteiger partial charge in [-0.15, -0.1) is 0 Å². The van der Waals surface area contributed by atoms with E-state index in [4.69, 9.17) is 9.84 Å². The highest BCUT2D eigenvalue weighted by molar-refractivity contribution is 4.89. The molecule has 1 rings (SSSR count). The highest BCUT2D eigenvalue weighted by Crippen LogP contribution is 1.96. The molecule has 0 aromatic carbocycles. The van der Waals surface area contributed by atoms with E-state index >= 15 is 0 Å². The lowest BCUT2D eigenvalue weighted by Gasteiger charge is -2.03. The maximum absolute atomic E-state index is 8.78. The summed E-state index contributed by atoms with van der Waals surface area (Å²) >= 11 is 0. The molecule has 1 N–H and O–H groups in total. The Balaban J connectivity index is 2.54. The smallest absolute Gasteiger partial charge is 0.134 e. The number of aromatic nitrogens is 2. The lowest BCUT2D eigenvalue weighted by Crippen LogP contribution is -2.07. The van der Waals surface area contributed by atoms with Crippen molar-refractivity contribution >= 4 is 0 Å². The Labute approximate surface area is 65.4 Å². The van der Waals surface area contributed by atoms with Crippen molar-refractivity contribution < 1.29 is 9.84 Å². The Kier molecular flexibility index (Phi) is 3.07. The Hall–Kier alpha value is -0.870. The van der Waals surface area contributed by atoms with Crippen molar-refractivity contribution in [1.82, 2.24) is 9.55 Å². The molecule has 4 heteroatoms. The van der Waals surface area contributed by atoms with E-state index in [2.05, 4.69) is 4.98 Å². The first-order chi connectivity index (χ1) is 5.38. The summed E-state index contributed by atoms with van der Waals surface area (Å²) in [5.41, 5.74) is 0. The van der Waals surface area contributed by atoms with Crippen LogP contribution in [0.4, 0.5) is 0 Å². The topological polar surface area (TPSA) is 47.3 Å². The summed E-state index contributed by atoms with van der Waals surface area (Å²) in [4.78, 5) is 3.94. The van der Waals surface area contributed by atoms with Crippen LogP contribution in [-0.2, 0) is 17.9 Å². The molecular weight excluding hydrogens is 144 g/mol. The number of ether oxygens (including phenoxy) is 1. The largest absolute Gasteiger partial charge is 0.388 e. The quantitative estimate of drug-likeness (QED) is 0.668. The van der Waals surface area contributed by atoms with E-state index in [0.717, 1.165) is 6.54 Å². The Bertz CT molecular complexity index is 210. The van der Waals surface area contributed by atoms with Crippen LogP contribution < -0.4 is 0 Å². The molecule has 11 heavy (non-hydrogen) atoms. The zero-order chi connectivity index (χ0) is 8.10. The van der Waals surface area contributed by atoms with Gasteiger partial charge >= 0.3 is 0 Å². The van der Waals surface area contributed by atoms with E-state index in [9.17, 15) is 0 Å². The fourth-order valence-corrected chi connectivity index (χ4v) is 0.885. The van der Waals surface area contributed by atoms with Gasteiger partial charge < -0.3 is 14.4 Å². The third-order valence-electron chi connectivity index (χ3n) is 1.48. The Morgan fingerprint density at radius 3 is 3.18 bits per heavy atom. The molecule has 0 unspecified atom stereocenters. The molecule has 0 aliphatic carbocycles. The Morgan fingerprint density at radius 2 is 2.55 bits per heavy atom. The number of hydrogen-bond donors (Lipinski definition) is 1. The molecule has 0 saturated carbocycles. The Morgan fingerprint density at radius 1 is 1.73 bits per heavy atom. The van der Waals surface area contributed by atoms with Crippen molar-refractivity contribution in [3.63, 3.8) is 0 Å². The lowest BCUT2D eigenvalue weighted by atomic mass is 10.6. The molecule has 0 radical (unpaired) electrons. The van der Waals surface area contributed by atoms with Crippen molar-refractivity contribution in [3.05, 3.63) is 18.2 Å². The lowest BCUT2D eigenvalue weighted by molar-refractivity contribution is 0.182. The van der Waals surface area contributed by atoms with E-state index < -0.39 is 0 Å². The van der Waals surface area contributed by atoms with Gasteiger partial charge in [0.15, 0.2) is 0 Å². The molecule has 0 fully saturated rings. The summed E-state index contributed by atoms with van der Waals surface area (Å²) in [6.45, 7) is 1.37. The highest BCUT2D eigenvalue weighted by Gasteiger charge is 1.98. The fourth-order valence-electron chi connectivity index (χ4n) is 0.885.